The van der Waals surface area contributed by atoms with Crippen molar-refractivity contribution in [3.05, 3.63) is 120 Å². The van der Waals surface area contributed by atoms with Crippen molar-refractivity contribution < 1.29 is 24.0 Å². The van der Waals surface area contributed by atoms with E-state index >= 15 is 0 Å². The molecule has 0 saturated carbocycles. The maximum Gasteiger partial charge on any atom is 0.343 e. The number of aromatic amines is 1. The third-order valence-electron chi connectivity index (χ3n) is 6.32. The van der Waals surface area contributed by atoms with E-state index in [1.807, 2.05) is 36.4 Å². The summed E-state index contributed by atoms with van der Waals surface area (Å²) < 4.78 is 12.1. The Morgan fingerprint density at radius 2 is 1.81 bits per heavy atom. The molecule has 10 nitrogen and oxygen atoms in total. The second kappa shape index (κ2) is 13.0. The van der Waals surface area contributed by atoms with E-state index in [4.69, 9.17) is 21.1 Å². The Balaban J connectivity index is 1.36. The summed E-state index contributed by atoms with van der Waals surface area (Å²) in [5.74, 6) is -0.730. The number of halogens is 2. The fourth-order valence-corrected chi connectivity index (χ4v) is 5.22. The van der Waals surface area contributed by atoms with Crippen molar-refractivity contribution in [1.82, 2.24) is 10.4 Å². The first kappa shape index (κ1) is 29.7. The van der Waals surface area contributed by atoms with Crippen LogP contribution in [0.2, 0.25) is 5.02 Å². The Kier molecular flexibility index (Phi) is 9.02. The maximum absolute atomic E-state index is 13.3. The van der Waals surface area contributed by atoms with E-state index in [1.165, 1.54) is 36.5 Å². The third kappa shape index (κ3) is 6.52. The number of rotatable bonds is 9. The summed E-state index contributed by atoms with van der Waals surface area (Å²) in [5.41, 5.74) is 5.65. The van der Waals surface area contributed by atoms with E-state index in [0.29, 0.717) is 34.0 Å². The van der Waals surface area contributed by atoms with Crippen molar-refractivity contribution in [3.63, 3.8) is 0 Å². The Labute approximate surface area is 264 Å². The Bertz CT molecular complexity index is 1890. The molecule has 0 atom stereocenters. The average molecular weight is 709 g/mol. The minimum Gasteiger partial charge on any atom is -0.490 e. The second-order valence-electron chi connectivity index (χ2n) is 9.05. The summed E-state index contributed by atoms with van der Waals surface area (Å²) in [5, 5.41) is 16.4. The minimum absolute atomic E-state index is 0.137. The molecule has 43 heavy (non-hydrogen) atoms. The van der Waals surface area contributed by atoms with E-state index in [0.717, 1.165) is 14.5 Å². The van der Waals surface area contributed by atoms with Crippen molar-refractivity contribution in [2.24, 2.45) is 5.10 Å². The van der Waals surface area contributed by atoms with Gasteiger partial charge in [0.15, 0.2) is 11.5 Å². The van der Waals surface area contributed by atoms with E-state index in [2.05, 4.69) is 38.1 Å². The number of nitro benzene ring substituents is 1. The first-order chi connectivity index (χ1) is 20.8. The van der Waals surface area contributed by atoms with Gasteiger partial charge in [0, 0.05) is 37.2 Å². The van der Waals surface area contributed by atoms with Crippen LogP contribution in [0.4, 0.5) is 5.69 Å². The normalized spacial score (nSPS) is 11.0. The molecule has 1 amide bonds. The zero-order valence-corrected chi connectivity index (χ0v) is 25.4. The summed E-state index contributed by atoms with van der Waals surface area (Å²) in [6.45, 7) is 2.07. The highest BCUT2D eigenvalue weighted by molar-refractivity contribution is 14.1. The number of hydrogen-bond donors (Lipinski definition) is 2. The fraction of sp³-hybridized carbons (Fsp3) is 0.0645. The van der Waals surface area contributed by atoms with Crippen LogP contribution in [0, 0.1) is 13.7 Å². The summed E-state index contributed by atoms with van der Waals surface area (Å²) in [4.78, 5) is 39.5. The molecule has 12 heteroatoms. The lowest BCUT2D eigenvalue weighted by Crippen LogP contribution is -2.19. The molecule has 2 N–H and O–H groups in total. The van der Waals surface area contributed by atoms with Crippen molar-refractivity contribution in [1.29, 1.82) is 0 Å². The van der Waals surface area contributed by atoms with Crippen LogP contribution < -0.4 is 14.9 Å². The van der Waals surface area contributed by atoms with Gasteiger partial charge in [-0.05, 0) is 77.5 Å². The first-order valence-electron chi connectivity index (χ1n) is 12.9. The van der Waals surface area contributed by atoms with Gasteiger partial charge in [-0.25, -0.2) is 10.2 Å². The van der Waals surface area contributed by atoms with Crippen LogP contribution in [0.25, 0.3) is 22.0 Å². The SMILES string of the molecule is CCOc1cc(C=NNC(=O)c2[nH]c3c(I)cccc3c2-c2ccccc2Cl)ccc1OC(=O)c1ccc([N+](=O)[O-])cc1. The number of amides is 1. The Morgan fingerprint density at radius 1 is 1.05 bits per heavy atom. The molecule has 0 radical (unpaired) electrons. The molecule has 0 saturated heterocycles. The van der Waals surface area contributed by atoms with Gasteiger partial charge in [0.05, 0.1) is 28.8 Å². The number of carbonyl (C=O) groups is 2. The number of fused-ring (bicyclic) bond motifs is 1. The summed E-state index contributed by atoms with van der Waals surface area (Å²) in [6, 6.07) is 23.0. The molecule has 0 aliphatic carbocycles. The number of H-pyrrole nitrogens is 1. The summed E-state index contributed by atoms with van der Waals surface area (Å²) in [6.07, 6.45) is 1.43. The van der Waals surface area contributed by atoms with Crippen molar-refractivity contribution in [3.8, 4) is 22.6 Å². The van der Waals surface area contributed by atoms with E-state index in [9.17, 15) is 19.7 Å². The average Bonchev–Trinajstić information content (AvgIpc) is 3.39. The van der Waals surface area contributed by atoms with Crippen LogP contribution >= 0.6 is 34.2 Å². The third-order valence-corrected chi connectivity index (χ3v) is 7.55. The van der Waals surface area contributed by atoms with Gasteiger partial charge in [-0.15, -0.1) is 0 Å². The standard InChI is InChI=1S/C31H22ClIN4O6/c1-2-42-26-16-18(10-15-25(26)43-31(39)19-11-13-20(14-12-19)37(40)41)17-34-36-30(38)29-27(21-6-3-4-8-23(21)32)22-7-5-9-24(33)28(22)35-29/h3-17,35H,2H2,1H3,(H,36,38). The largest absolute Gasteiger partial charge is 0.490 e. The number of para-hydroxylation sites is 1. The molecule has 0 bridgehead atoms. The van der Waals surface area contributed by atoms with Crippen LogP contribution in [0.1, 0.15) is 33.3 Å². The number of aromatic nitrogens is 1. The first-order valence-corrected chi connectivity index (χ1v) is 14.3. The van der Waals surface area contributed by atoms with Crippen LogP contribution in [0.3, 0.4) is 0 Å². The van der Waals surface area contributed by atoms with Crippen molar-refractivity contribution >= 4 is 68.9 Å². The number of nitrogens with one attached hydrogen (secondary N) is 2. The fourth-order valence-electron chi connectivity index (χ4n) is 4.35. The van der Waals surface area contributed by atoms with Gasteiger partial charge in [0.2, 0.25) is 0 Å². The smallest absolute Gasteiger partial charge is 0.343 e. The number of hydrogen-bond acceptors (Lipinski definition) is 7. The second-order valence-corrected chi connectivity index (χ2v) is 10.6. The molecule has 0 aliphatic heterocycles. The van der Waals surface area contributed by atoms with Gasteiger partial charge in [0.25, 0.3) is 11.6 Å². The van der Waals surface area contributed by atoms with Gasteiger partial charge in [-0.3, -0.25) is 14.9 Å². The van der Waals surface area contributed by atoms with Crippen molar-refractivity contribution in [2.75, 3.05) is 6.61 Å². The summed E-state index contributed by atoms with van der Waals surface area (Å²) in [7, 11) is 0. The van der Waals surface area contributed by atoms with Crippen LogP contribution in [0.15, 0.2) is 90.0 Å². The minimum atomic E-state index is -0.702. The molecule has 5 aromatic rings. The van der Waals surface area contributed by atoms with E-state index in [1.54, 1.807) is 25.1 Å². The maximum atomic E-state index is 13.3. The topological polar surface area (TPSA) is 136 Å². The quantitative estimate of drug-likeness (QED) is 0.0410. The number of benzene rings is 4. The number of nitro groups is 1. The molecule has 5 rings (SSSR count). The predicted molar refractivity (Wildman–Crippen MR) is 172 cm³/mol. The lowest BCUT2D eigenvalue weighted by Gasteiger charge is -2.11. The Hall–Kier alpha value is -4.75. The van der Waals surface area contributed by atoms with Gasteiger partial charge >= 0.3 is 5.97 Å². The highest BCUT2D eigenvalue weighted by Gasteiger charge is 2.22. The molecular weight excluding hydrogens is 687 g/mol. The van der Waals surface area contributed by atoms with Crippen LogP contribution in [-0.4, -0.2) is 34.6 Å². The molecule has 216 valence electrons. The molecule has 1 aromatic heterocycles. The monoisotopic (exact) mass is 708 g/mol. The molecule has 0 fully saturated rings. The van der Waals surface area contributed by atoms with Crippen molar-refractivity contribution in [2.45, 2.75) is 6.92 Å². The van der Waals surface area contributed by atoms with Gasteiger partial charge in [-0.2, -0.15) is 5.10 Å². The number of non-ortho nitro benzene ring substituents is 1. The number of hydrazone groups is 1. The van der Waals surface area contributed by atoms with Crippen LogP contribution in [0.5, 0.6) is 11.5 Å². The van der Waals surface area contributed by atoms with Gasteiger partial charge in [-0.1, -0.05) is 41.9 Å². The lowest BCUT2D eigenvalue weighted by molar-refractivity contribution is -0.384. The highest BCUT2D eigenvalue weighted by atomic mass is 127. The number of nitrogens with zero attached hydrogens (tertiary/aromatic N) is 2. The predicted octanol–water partition coefficient (Wildman–Crippen LogP) is 7.38. The molecule has 0 unspecified atom stereocenters. The molecule has 4 aromatic carbocycles. The van der Waals surface area contributed by atoms with Crippen LogP contribution in [-0.2, 0) is 0 Å². The number of esters is 1. The molecule has 0 aliphatic rings. The lowest BCUT2D eigenvalue weighted by atomic mass is 10.0. The molecular formula is C31H22ClIN4O6. The Morgan fingerprint density at radius 3 is 2.53 bits per heavy atom. The summed E-state index contributed by atoms with van der Waals surface area (Å²) >= 11 is 8.72. The zero-order chi connectivity index (χ0) is 30.5. The number of ether oxygens (including phenoxy) is 2. The number of carbonyl (C=O) groups excluding carboxylic acids is 2. The van der Waals surface area contributed by atoms with E-state index in [-0.39, 0.29) is 22.7 Å². The van der Waals surface area contributed by atoms with Gasteiger partial charge in [0.1, 0.15) is 5.69 Å². The molecule has 1 heterocycles. The van der Waals surface area contributed by atoms with Gasteiger partial charge < -0.3 is 14.5 Å². The van der Waals surface area contributed by atoms with E-state index < -0.39 is 16.8 Å². The highest BCUT2D eigenvalue weighted by Crippen LogP contribution is 2.38. The molecule has 0 spiro atoms. The zero-order valence-electron chi connectivity index (χ0n) is 22.5.